The molecule has 1 unspecified atom stereocenters. The van der Waals surface area contributed by atoms with Crippen molar-refractivity contribution in [2.24, 2.45) is 0 Å². The van der Waals surface area contributed by atoms with Crippen LogP contribution in [0.5, 0.6) is 0 Å². The second kappa shape index (κ2) is 6.78. The van der Waals surface area contributed by atoms with Gasteiger partial charge in [0, 0.05) is 30.2 Å². The van der Waals surface area contributed by atoms with Crippen molar-refractivity contribution < 1.29 is 13.8 Å². The molecule has 3 heterocycles. The van der Waals surface area contributed by atoms with Crippen LogP contribution in [0.2, 0.25) is 0 Å². The first-order chi connectivity index (χ1) is 12.7. The van der Waals surface area contributed by atoms with Crippen molar-refractivity contribution in [1.29, 1.82) is 0 Å². The predicted octanol–water partition coefficient (Wildman–Crippen LogP) is 4.18. The summed E-state index contributed by atoms with van der Waals surface area (Å²) in [5.74, 6) is 1.35. The van der Waals surface area contributed by atoms with Crippen LogP contribution in [0.25, 0.3) is 11.3 Å². The lowest BCUT2D eigenvalue weighted by Gasteiger charge is -2.24. The van der Waals surface area contributed by atoms with E-state index in [1.165, 1.54) is 0 Å². The van der Waals surface area contributed by atoms with Gasteiger partial charge in [0.25, 0.3) is 5.91 Å². The molecular formula is C20H21N3O3. The van der Waals surface area contributed by atoms with Gasteiger partial charge in [0.1, 0.15) is 5.76 Å². The minimum atomic E-state index is -0.110. The molecule has 1 amide bonds. The van der Waals surface area contributed by atoms with E-state index < -0.39 is 0 Å². The molecule has 0 saturated carbocycles. The van der Waals surface area contributed by atoms with Gasteiger partial charge in [0.05, 0.1) is 11.7 Å². The third kappa shape index (κ3) is 2.81. The molecule has 1 aromatic carbocycles. The Kier molecular flexibility index (Phi) is 4.32. The third-order valence-electron chi connectivity index (χ3n) is 4.94. The SMILES string of the molecule is CCc1onc(C)c1C1CCCN1C(=O)c1cc(-c2ccccc2)on1. The Bertz CT molecular complexity index is 914. The molecule has 26 heavy (non-hydrogen) atoms. The van der Waals surface area contributed by atoms with Crippen LogP contribution in [-0.4, -0.2) is 27.7 Å². The molecular weight excluding hydrogens is 330 g/mol. The van der Waals surface area contributed by atoms with Crippen molar-refractivity contribution in [3.63, 3.8) is 0 Å². The summed E-state index contributed by atoms with van der Waals surface area (Å²) in [5.41, 5.74) is 3.14. The van der Waals surface area contributed by atoms with Gasteiger partial charge < -0.3 is 13.9 Å². The monoisotopic (exact) mass is 351 g/mol. The average Bonchev–Trinajstić information content (AvgIpc) is 3.41. The van der Waals surface area contributed by atoms with Crippen LogP contribution in [0.1, 0.15) is 53.3 Å². The fraction of sp³-hybridized carbons (Fsp3) is 0.350. The van der Waals surface area contributed by atoms with Crippen molar-refractivity contribution in [1.82, 2.24) is 15.2 Å². The number of rotatable bonds is 4. The molecule has 134 valence electrons. The van der Waals surface area contributed by atoms with E-state index in [1.807, 2.05) is 49.1 Å². The van der Waals surface area contributed by atoms with Crippen LogP contribution in [0.3, 0.4) is 0 Å². The largest absolute Gasteiger partial charge is 0.361 e. The smallest absolute Gasteiger partial charge is 0.276 e. The van der Waals surface area contributed by atoms with Gasteiger partial charge in [-0.05, 0) is 19.8 Å². The summed E-state index contributed by atoms with van der Waals surface area (Å²) >= 11 is 0. The van der Waals surface area contributed by atoms with Crippen LogP contribution in [0.4, 0.5) is 0 Å². The van der Waals surface area contributed by atoms with Gasteiger partial charge in [-0.3, -0.25) is 4.79 Å². The second-order valence-electron chi connectivity index (χ2n) is 6.56. The van der Waals surface area contributed by atoms with E-state index in [-0.39, 0.29) is 11.9 Å². The summed E-state index contributed by atoms with van der Waals surface area (Å²) in [5, 5.41) is 8.11. The zero-order chi connectivity index (χ0) is 18.1. The van der Waals surface area contributed by atoms with Crippen LogP contribution >= 0.6 is 0 Å². The van der Waals surface area contributed by atoms with Crippen molar-refractivity contribution in [3.8, 4) is 11.3 Å². The standard InChI is InChI=1S/C20H21N3O3/c1-3-17-19(13(2)21-25-17)16-10-7-11-23(16)20(24)15-12-18(26-22-15)14-8-5-4-6-9-14/h4-6,8-9,12,16H,3,7,10-11H2,1-2H3. The van der Waals surface area contributed by atoms with Crippen molar-refractivity contribution >= 4 is 5.91 Å². The Morgan fingerprint density at radius 1 is 1.23 bits per heavy atom. The Labute approximate surface area is 151 Å². The number of amides is 1. The number of hydrogen-bond acceptors (Lipinski definition) is 5. The number of aromatic nitrogens is 2. The van der Waals surface area contributed by atoms with E-state index >= 15 is 0 Å². The summed E-state index contributed by atoms with van der Waals surface area (Å²) in [6.45, 7) is 4.67. The van der Waals surface area contributed by atoms with Crippen molar-refractivity contribution in [2.75, 3.05) is 6.54 Å². The number of likely N-dealkylation sites (tertiary alicyclic amines) is 1. The number of aryl methyl sites for hydroxylation is 2. The molecule has 0 bridgehead atoms. The lowest BCUT2D eigenvalue weighted by atomic mass is 10.0. The van der Waals surface area contributed by atoms with Crippen LogP contribution in [0, 0.1) is 6.92 Å². The number of nitrogens with zero attached hydrogens (tertiary/aromatic N) is 3. The number of hydrogen-bond donors (Lipinski definition) is 0. The fourth-order valence-corrected chi connectivity index (χ4v) is 3.68. The molecule has 0 N–H and O–H groups in total. The highest BCUT2D eigenvalue weighted by molar-refractivity contribution is 5.93. The quantitative estimate of drug-likeness (QED) is 0.705. The lowest BCUT2D eigenvalue weighted by molar-refractivity contribution is 0.0724. The van der Waals surface area contributed by atoms with Gasteiger partial charge in [0.15, 0.2) is 11.5 Å². The Hall–Kier alpha value is -2.89. The van der Waals surface area contributed by atoms with Crippen LogP contribution < -0.4 is 0 Å². The molecule has 1 atom stereocenters. The normalized spacial score (nSPS) is 17.0. The second-order valence-corrected chi connectivity index (χ2v) is 6.56. The molecule has 6 nitrogen and oxygen atoms in total. The minimum absolute atomic E-state index is 0.0134. The third-order valence-corrected chi connectivity index (χ3v) is 4.94. The van der Waals surface area contributed by atoms with Crippen molar-refractivity contribution in [3.05, 3.63) is 59.1 Å². The minimum Gasteiger partial charge on any atom is -0.361 e. The maximum atomic E-state index is 13.1. The van der Waals surface area contributed by atoms with Gasteiger partial charge in [-0.15, -0.1) is 0 Å². The zero-order valence-corrected chi connectivity index (χ0v) is 14.9. The molecule has 0 aliphatic carbocycles. The van der Waals surface area contributed by atoms with E-state index in [0.717, 1.165) is 41.8 Å². The van der Waals surface area contributed by atoms with E-state index in [2.05, 4.69) is 10.3 Å². The van der Waals surface area contributed by atoms with Crippen LogP contribution in [-0.2, 0) is 6.42 Å². The van der Waals surface area contributed by atoms with Gasteiger partial charge in [-0.1, -0.05) is 47.6 Å². The van der Waals surface area contributed by atoms with E-state index in [0.29, 0.717) is 18.0 Å². The molecule has 6 heteroatoms. The number of carbonyl (C=O) groups excluding carboxylic acids is 1. The molecule has 3 aromatic rings. The van der Waals surface area contributed by atoms with Crippen molar-refractivity contribution in [2.45, 2.75) is 39.2 Å². The number of carbonyl (C=O) groups is 1. The van der Waals surface area contributed by atoms with Gasteiger partial charge >= 0.3 is 0 Å². The molecule has 4 rings (SSSR count). The molecule has 1 fully saturated rings. The maximum absolute atomic E-state index is 13.1. The van der Waals surface area contributed by atoms with Gasteiger partial charge in [-0.25, -0.2) is 0 Å². The van der Waals surface area contributed by atoms with E-state index in [4.69, 9.17) is 9.05 Å². The Morgan fingerprint density at radius 3 is 2.81 bits per heavy atom. The number of benzene rings is 1. The fourth-order valence-electron chi connectivity index (χ4n) is 3.68. The van der Waals surface area contributed by atoms with Gasteiger partial charge in [-0.2, -0.15) is 0 Å². The summed E-state index contributed by atoms with van der Waals surface area (Å²) in [4.78, 5) is 14.9. The Morgan fingerprint density at radius 2 is 2.04 bits per heavy atom. The molecule has 0 radical (unpaired) electrons. The first-order valence-corrected chi connectivity index (χ1v) is 8.97. The zero-order valence-electron chi connectivity index (χ0n) is 14.9. The highest BCUT2D eigenvalue weighted by Gasteiger charge is 2.35. The average molecular weight is 351 g/mol. The van der Waals surface area contributed by atoms with Crippen LogP contribution in [0.15, 0.2) is 45.4 Å². The maximum Gasteiger partial charge on any atom is 0.276 e. The topological polar surface area (TPSA) is 72.4 Å². The highest BCUT2D eigenvalue weighted by atomic mass is 16.5. The molecule has 2 aromatic heterocycles. The van der Waals surface area contributed by atoms with E-state index in [1.54, 1.807) is 6.07 Å². The predicted molar refractivity (Wildman–Crippen MR) is 95.6 cm³/mol. The molecule has 0 spiro atoms. The van der Waals surface area contributed by atoms with E-state index in [9.17, 15) is 4.79 Å². The first-order valence-electron chi connectivity index (χ1n) is 8.97. The summed E-state index contributed by atoms with van der Waals surface area (Å²) in [6.07, 6.45) is 2.62. The highest BCUT2D eigenvalue weighted by Crippen LogP contribution is 2.37. The Balaban J connectivity index is 1.62. The summed E-state index contributed by atoms with van der Waals surface area (Å²) in [6, 6.07) is 11.4. The molecule has 1 aliphatic heterocycles. The summed E-state index contributed by atoms with van der Waals surface area (Å²) < 4.78 is 10.8. The first kappa shape index (κ1) is 16.6. The van der Waals surface area contributed by atoms with Gasteiger partial charge in [0.2, 0.25) is 0 Å². The molecule has 1 saturated heterocycles. The lowest BCUT2D eigenvalue weighted by Crippen LogP contribution is -2.31. The summed E-state index contributed by atoms with van der Waals surface area (Å²) in [7, 11) is 0. The molecule has 1 aliphatic rings.